The summed E-state index contributed by atoms with van der Waals surface area (Å²) in [5.41, 5.74) is 5.83. The smallest absolute Gasteiger partial charge is 0.220 e. The standard InChI is InChI=1S/C11H22N2O/c1-9(2)7-13-10(14)6-11(8-12)4-3-5-11/h9H,3-8,12H2,1-2H3,(H,13,14). The molecule has 3 N–H and O–H groups in total. The zero-order valence-corrected chi connectivity index (χ0v) is 9.31. The number of nitrogens with one attached hydrogen (secondary N) is 1. The van der Waals surface area contributed by atoms with Crippen LogP contribution < -0.4 is 11.1 Å². The molecule has 14 heavy (non-hydrogen) atoms. The Kier molecular flexibility index (Phi) is 3.93. The van der Waals surface area contributed by atoms with Crippen molar-refractivity contribution in [3.63, 3.8) is 0 Å². The van der Waals surface area contributed by atoms with Gasteiger partial charge in [-0.15, -0.1) is 0 Å². The number of hydrogen-bond donors (Lipinski definition) is 2. The molecule has 3 nitrogen and oxygen atoms in total. The van der Waals surface area contributed by atoms with Crippen LogP contribution in [0.15, 0.2) is 0 Å². The molecular weight excluding hydrogens is 176 g/mol. The summed E-state index contributed by atoms with van der Waals surface area (Å²) in [5.74, 6) is 0.693. The van der Waals surface area contributed by atoms with E-state index in [1.807, 2.05) is 0 Å². The third kappa shape index (κ3) is 2.98. The normalized spacial score (nSPS) is 19.1. The number of amides is 1. The first-order valence-electron chi connectivity index (χ1n) is 5.55. The fraction of sp³-hybridized carbons (Fsp3) is 0.909. The van der Waals surface area contributed by atoms with Gasteiger partial charge in [-0.1, -0.05) is 20.3 Å². The van der Waals surface area contributed by atoms with E-state index >= 15 is 0 Å². The number of hydrogen-bond acceptors (Lipinski definition) is 2. The molecule has 0 radical (unpaired) electrons. The van der Waals surface area contributed by atoms with E-state index in [4.69, 9.17) is 5.73 Å². The van der Waals surface area contributed by atoms with Crippen LogP contribution in [-0.4, -0.2) is 19.0 Å². The van der Waals surface area contributed by atoms with Gasteiger partial charge in [0.05, 0.1) is 0 Å². The molecule has 0 unspecified atom stereocenters. The van der Waals surface area contributed by atoms with Gasteiger partial charge in [0.25, 0.3) is 0 Å². The topological polar surface area (TPSA) is 55.1 Å². The summed E-state index contributed by atoms with van der Waals surface area (Å²) in [7, 11) is 0. The number of carbonyl (C=O) groups is 1. The van der Waals surface area contributed by atoms with Gasteiger partial charge < -0.3 is 11.1 Å². The lowest BCUT2D eigenvalue weighted by molar-refractivity contribution is -0.124. The molecule has 1 amide bonds. The lowest BCUT2D eigenvalue weighted by atomic mass is 9.66. The summed E-state index contributed by atoms with van der Waals surface area (Å²) in [5, 5.41) is 2.95. The van der Waals surface area contributed by atoms with Gasteiger partial charge in [-0.2, -0.15) is 0 Å². The van der Waals surface area contributed by atoms with Gasteiger partial charge in [0.15, 0.2) is 0 Å². The third-order valence-corrected chi connectivity index (χ3v) is 3.09. The number of carbonyl (C=O) groups excluding carboxylic acids is 1. The quantitative estimate of drug-likeness (QED) is 0.699. The summed E-state index contributed by atoms with van der Waals surface area (Å²) in [6.07, 6.45) is 4.10. The Morgan fingerprint density at radius 3 is 2.50 bits per heavy atom. The monoisotopic (exact) mass is 198 g/mol. The van der Waals surface area contributed by atoms with Gasteiger partial charge in [-0.3, -0.25) is 4.79 Å². The minimum Gasteiger partial charge on any atom is -0.356 e. The summed E-state index contributed by atoms with van der Waals surface area (Å²) < 4.78 is 0. The molecule has 1 saturated carbocycles. The lowest BCUT2D eigenvalue weighted by Gasteiger charge is -2.40. The first-order chi connectivity index (χ1) is 6.58. The van der Waals surface area contributed by atoms with Crippen molar-refractivity contribution < 1.29 is 4.79 Å². The molecule has 0 saturated heterocycles. The Bertz CT molecular complexity index is 192. The van der Waals surface area contributed by atoms with Crippen molar-refractivity contribution >= 4 is 5.91 Å². The second-order valence-electron chi connectivity index (χ2n) is 4.93. The highest BCUT2D eigenvalue weighted by Gasteiger charge is 2.37. The minimum atomic E-state index is 0.140. The van der Waals surface area contributed by atoms with Crippen molar-refractivity contribution in [1.29, 1.82) is 0 Å². The predicted octanol–water partition coefficient (Wildman–Crippen LogP) is 1.28. The van der Waals surface area contributed by atoms with Crippen molar-refractivity contribution in [3.05, 3.63) is 0 Å². The summed E-state index contributed by atoms with van der Waals surface area (Å²) >= 11 is 0. The van der Waals surface area contributed by atoms with Gasteiger partial charge in [0, 0.05) is 13.0 Å². The minimum absolute atomic E-state index is 0.140. The molecule has 0 aliphatic heterocycles. The van der Waals surface area contributed by atoms with Crippen molar-refractivity contribution in [2.75, 3.05) is 13.1 Å². The molecule has 1 aliphatic rings. The molecule has 0 atom stereocenters. The summed E-state index contributed by atoms with van der Waals surface area (Å²) in [6, 6.07) is 0. The molecule has 82 valence electrons. The maximum Gasteiger partial charge on any atom is 0.220 e. The molecule has 0 aromatic rings. The fourth-order valence-electron chi connectivity index (χ4n) is 1.85. The maximum atomic E-state index is 11.5. The van der Waals surface area contributed by atoms with Crippen LogP contribution in [0.25, 0.3) is 0 Å². The first kappa shape index (κ1) is 11.5. The van der Waals surface area contributed by atoms with E-state index in [0.29, 0.717) is 18.9 Å². The Balaban J connectivity index is 2.25. The van der Waals surface area contributed by atoms with Crippen molar-refractivity contribution in [2.45, 2.75) is 39.5 Å². The molecule has 0 bridgehead atoms. The van der Waals surface area contributed by atoms with E-state index in [9.17, 15) is 4.79 Å². The Morgan fingerprint density at radius 2 is 2.14 bits per heavy atom. The highest BCUT2D eigenvalue weighted by Crippen LogP contribution is 2.42. The number of rotatable bonds is 5. The molecule has 0 aromatic carbocycles. The molecule has 0 heterocycles. The highest BCUT2D eigenvalue weighted by molar-refractivity contribution is 5.76. The molecule has 3 heteroatoms. The number of nitrogens with two attached hydrogens (primary N) is 1. The van der Waals surface area contributed by atoms with E-state index in [2.05, 4.69) is 19.2 Å². The average Bonchev–Trinajstić information content (AvgIpc) is 2.08. The predicted molar refractivity (Wildman–Crippen MR) is 57.8 cm³/mol. The van der Waals surface area contributed by atoms with Gasteiger partial charge in [-0.25, -0.2) is 0 Å². The first-order valence-corrected chi connectivity index (χ1v) is 5.55. The van der Waals surface area contributed by atoms with Crippen molar-refractivity contribution in [3.8, 4) is 0 Å². The van der Waals surface area contributed by atoms with Crippen LogP contribution in [0.2, 0.25) is 0 Å². The van der Waals surface area contributed by atoms with Gasteiger partial charge in [0.1, 0.15) is 0 Å². The van der Waals surface area contributed by atoms with Crippen LogP contribution >= 0.6 is 0 Å². The van der Waals surface area contributed by atoms with Crippen LogP contribution in [0.3, 0.4) is 0 Å². The van der Waals surface area contributed by atoms with Crippen molar-refractivity contribution in [1.82, 2.24) is 5.32 Å². The van der Waals surface area contributed by atoms with E-state index in [1.54, 1.807) is 0 Å². The van der Waals surface area contributed by atoms with E-state index in [-0.39, 0.29) is 11.3 Å². The molecule has 1 fully saturated rings. The van der Waals surface area contributed by atoms with E-state index in [0.717, 1.165) is 19.4 Å². The zero-order chi connectivity index (χ0) is 10.6. The molecule has 0 spiro atoms. The van der Waals surface area contributed by atoms with Gasteiger partial charge in [0.2, 0.25) is 5.91 Å². The van der Waals surface area contributed by atoms with Crippen LogP contribution in [0.4, 0.5) is 0 Å². The fourth-order valence-corrected chi connectivity index (χ4v) is 1.85. The van der Waals surface area contributed by atoms with E-state index < -0.39 is 0 Å². The van der Waals surface area contributed by atoms with Gasteiger partial charge in [-0.05, 0) is 30.7 Å². The van der Waals surface area contributed by atoms with Crippen LogP contribution in [0.5, 0.6) is 0 Å². The van der Waals surface area contributed by atoms with Crippen molar-refractivity contribution in [2.24, 2.45) is 17.1 Å². The summed E-state index contributed by atoms with van der Waals surface area (Å²) in [4.78, 5) is 11.5. The second kappa shape index (κ2) is 4.78. The maximum absolute atomic E-state index is 11.5. The van der Waals surface area contributed by atoms with Crippen LogP contribution in [0, 0.1) is 11.3 Å². The lowest BCUT2D eigenvalue weighted by Crippen LogP contribution is -2.42. The SMILES string of the molecule is CC(C)CNC(=O)CC1(CN)CCC1. The second-order valence-corrected chi connectivity index (χ2v) is 4.93. The molecular formula is C11H22N2O. The molecule has 0 aromatic heterocycles. The molecule has 1 rings (SSSR count). The van der Waals surface area contributed by atoms with Crippen LogP contribution in [0.1, 0.15) is 39.5 Å². The molecule has 1 aliphatic carbocycles. The zero-order valence-electron chi connectivity index (χ0n) is 9.31. The Labute approximate surface area is 86.4 Å². The largest absolute Gasteiger partial charge is 0.356 e. The van der Waals surface area contributed by atoms with E-state index in [1.165, 1.54) is 6.42 Å². The third-order valence-electron chi connectivity index (χ3n) is 3.09. The highest BCUT2D eigenvalue weighted by atomic mass is 16.1. The summed E-state index contributed by atoms with van der Waals surface area (Å²) in [6.45, 7) is 5.63. The Morgan fingerprint density at radius 1 is 1.50 bits per heavy atom. The van der Waals surface area contributed by atoms with Crippen LogP contribution in [-0.2, 0) is 4.79 Å². The average molecular weight is 198 g/mol. The Hall–Kier alpha value is -0.570. The van der Waals surface area contributed by atoms with Gasteiger partial charge >= 0.3 is 0 Å².